The average molecular weight is 237 g/mol. The predicted molar refractivity (Wildman–Crippen MR) is 61.8 cm³/mol. The Morgan fingerprint density at radius 3 is 3.18 bits per heavy atom. The molecule has 2 atom stereocenters. The number of rotatable bonds is 3. The van der Waals surface area contributed by atoms with E-state index in [2.05, 4.69) is 22.4 Å². The minimum absolute atomic E-state index is 0.0252. The van der Waals surface area contributed by atoms with Gasteiger partial charge in [0.15, 0.2) is 5.82 Å². The molecule has 2 aliphatic rings. The molecule has 1 N–H and O–H groups in total. The van der Waals surface area contributed by atoms with Gasteiger partial charge in [0.25, 0.3) is 0 Å². The molecule has 1 aromatic rings. The summed E-state index contributed by atoms with van der Waals surface area (Å²) in [5.74, 6) is 2.19. The summed E-state index contributed by atoms with van der Waals surface area (Å²) < 4.78 is 10.8. The number of ether oxygens (including phenoxy) is 1. The second-order valence-corrected chi connectivity index (χ2v) is 5.44. The molecule has 0 spiro atoms. The minimum atomic E-state index is 0.0252. The van der Waals surface area contributed by atoms with E-state index in [9.17, 15) is 0 Å². The van der Waals surface area contributed by atoms with Crippen LogP contribution in [-0.2, 0) is 16.6 Å². The Balaban J connectivity index is 1.69. The van der Waals surface area contributed by atoms with E-state index in [0.717, 1.165) is 57.3 Å². The summed E-state index contributed by atoms with van der Waals surface area (Å²) >= 11 is 0. The quantitative estimate of drug-likeness (QED) is 0.846. The van der Waals surface area contributed by atoms with Crippen molar-refractivity contribution in [1.82, 2.24) is 15.5 Å². The molecule has 2 saturated heterocycles. The van der Waals surface area contributed by atoms with Crippen molar-refractivity contribution in [3.8, 4) is 0 Å². The van der Waals surface area contributed by atoms with Gasteiger partial charge in [-0.15, -0.1) is 0 Å². The van der Waals surface area contributed by atoms with Crippen molar-refractivity contribution in [3.63, 3.8) is 0 Å². The van der Waals surface area contributed by atoms with Crippen LogP contribution in [0.4, 0.5) is 0 Å². The molecule has 2 unspecified atom stereocenters. The molecule has 0 radical (unpaired) electrons. The Labute approximate surface area is 101 Å². The van der Waals surface area contributed by atoms with Crippen LogP contribution < -0.4 is 5.32 Å². The number of aromatic nitrogens is 2. The van der Waals surface area contributed by atoms with E-state index in [1.807, 2.05) is 0 Å². The highest BCUT2D eigenvalue weighted by Gasteiger charge is 2.36. The van der Waals surface area contributed by atoms with Crippen molar-refractivity contribution in [2.24, 2.45) is 5.92 Å². The van der Waals surface area contributed by atoms with E-state index in [1.165, 1.54) is 0 Å². The zero-order valence-electron chi connectivity index (χ0n) is 10.2. The van der Waals surface area contributed by atoms with E-state index in [0.29, 0.717) is 5.92 Å². The third-order valence-electron chi connectivity index (χ3n) is 3.85. The Kier molecular flexibility index (Phi) is 2.88. The van der Waals surface area contributed by atoms with Crippen LogP contribution in [0.5, 0.6) is 0 Å². The molecule has 0 aromatic carbocycles. The summed E-state index contributed by atoms with van der Waals surface area (Å²) in [7, 11) is 0. The van der Waals surface area contributed by atoms with Gasteiger partial charge in [0.2, 0.25) is 5.89 Å². The summed E-state index contributed by atoms with van der Waals surface area (Å²) in [6.07, 6.45) is 3.07. The minimum Gasteiger partial charge on any atom is -0.381 e. The van der Waals surface area contributed by atoms with Gasteiger partial charge in [-0.05, 0) is 32.2 Å². The van der Waals surface area contributed by atoms with Crippen molar-refractivity contribution < 1.29 is 9.26 Å². The molecule has 5 heteroatoms. The van der Waals surface area contributed by atoms with Gasteiger partial charge in [-0.3, -0.25) is 0 Å². The zero-order chi connectivity index (χ0) is 11.7. The maximum absolute atomic E-state index is 5.42. The molecule has 2 fully saturated rings. The molecular formula is C12H19N3O2. The average Bonchev–Trinajstić information content (AvgIpc) is 3.00. The number of nitrogens with one attached hydrogen (secondary N) is 1. The Hall–Kier alpha value is -0.940. The fourth-order valence-electron chi connectivity index (χ4n) is 2.58. The van der Waals surface area contributed by atoms with E-state index in [1.54, 1.807) is 0 Å². The van der Waals surface area contributed by atoms with E-state index >= 15 is 0 Å². The topological polar surface area (TPSA) is 60.2 Å². The maximum Gasteiger partial charge on any atom is 0.233 e. The van der Waals surface area contributed by atoms with Crippen molar-refractivity contribution in [3.05, 3.63) is 11.7 Å². The van der Waals surface area contributed by atoms with Gasteiger partial charge in [0, 0.05) is 26.2 Å². The second kappa shape index (κ2) is 4.38. The SMILES string of the molecule is CC1(c2nc(CC3CCOC3)no2)CCNC1. The smallest absolute Gasteiger partial charge is 0.233 e. The molecule has 17 heavy (non-hydrogen) atoms. The van der Waals surface area contributed by atoms with Gasteiger partial charge in [-0.1, -0.05) is 5.16 Å². The first-order valence-electron chi connectivity index (χ1n) is 6.38. The van der Waals surface area contributed by atoms with Crippen LogP contribution in [0.15, 0.2) is 4.52 Å². The molecule has 0 amide bonds. The third-order valence-corrected chi connectivity index (χ3v) is 3.85. The molecule has 3 heterocycles. The summed E-state index contributed by atoms with van der Waals surface area (Å²) in [5.41, 5.74) is 0.0252. The number of nitrogens with zero attached hydrogens (tertiary/aromatic N) is 2. The Bertz CT molecular complexity index is 379. The molecule has 3 rings (SSSR count). The lowest BCUT2D eigenvalue weighted by Crippen LogP contribution is -2.25. The van der Waals surface area contributed by atoms with Crippen LogP contribution >= 0.6 is 0 Å². The fourth-order valence-corrected chi connectivity index (χ4v) is 2.58. The van der Waals surface area contributed by atoms with Gasteiger partial charge < -0.3 is 14.6 Å². The summed E-state index contributed by atoms with van der Waals surface area (Å²) in [6.45, 7) is 5.86. The van der Waals surface area contributed by atoms with Gasteiger partial charge in [-0.25, -0.2) is 0 Å². The lowest BCUT2D eigenvalue weighted by Gasteiger charge is -2.15. The van der Waals surface area contributed by atoms with Crippen LogP contribution in [0.3, 0.4) is 0 Å². The lowest BCUT2D eigenvalue weighted by atomic mass is 9.90. The standard InChI is InChI=1S/C12H19N3O2/c1-12(3-4-13-8-12)11-14-10(15-17-11)6-9-2-5-16-7-9/h9,13H,2-8H2,1H3. The van der Waals surface area contributed by atoms with Crippen LogP contribution in [0, 0.1) is 5.92 Å². The van der Waals surface area contributed by atoms with Gasteiger partial charge >= 0.3 is 0 Å². The van der Waals surface area contributed by atoms with E-state index in [-0.39, 0.29) is 5.41 Å². The lowest BCUT2D eigenvalue weighted by molar-refractivity contribution is 0.185. The number of hydrogen-bond donors (Lipinski definition) is 1. The van der Waals surface area contributed by atoms with Crippen molar-refractivity contribution in [2.75, 3.05) is 26.3 Å². The largest absolute Gasteiger partial charge is 0.381 e. The highest BCUT2D eigenvalue weighted by Crippen LogP contribution is 2.29. The molecule has 94 valence electrons. The van der Waals surface area contributed by atoms with Crippen LogP contribution in [-0.4, -0.2) is 36.4 Å². The highest BCUT2D eigenvalue weighted by molar-refractivity contribution is 5.07. The molecule has 1 aromatic heterocycles. The molecule has 0 aliphatic carbocycles. The van der Waals surface area contributed by atoms with Crippen LogP contribution in [0.25, 0.3) is 0 Å². The molecule has 0 bridgehead atoms. The van der Waals surface area contributed by atoms with Gasteiger partial charge in [0.05, 0.1) is 5.41 Å². The molecule has 2 aliphatic heterocycles. The molecule has 0 saturated carbocycles. The predicted octanol–water partition coefficient (Wildman–Crippen LogP) is 0.900. The van der Waals surface area contributed by atoms with E-state index < -0.39 is 0 Å². The first-order valence-corrected chi connectivity index (χ1v) is 6.38. The first-order chi connectivity index (χ1) is 8.26. The maximum atomic E-state index is 5.42. The van der Waals surface area contributed by atoms with E-state index in [4.69, 9.17) is 9.26 Å². The first kappa shape index (κ1) is 11.2. The van der Waals surface area contributed by atoms with Crippen LogP contribution in [0.1, 0.15) is 31.5 Å². The van der Waals surface area contributed by atoms with Crippen molar-refractivity contribution in [1.29, 1.82) is 0 Å². The molecular weight excluding hydrogens is 218 g/mol. The Morgan fingerprint density at radius 1 is 1.53 bits per heavy atom. The number of hydrogen-bond acceptors (Lipinski definition) is 5. The monoisotopic (exact) mass is 237 g/mol. The Morgan fingerprint density at radius 2 is 2.47 bits per heavy atom. The highest BCUT2D eigenvalue weighted by atomic mass is 16.5. The summed E-state index contributed by atoms with van der Waals surface area (Å²) in [4.78, 5) is 4.55. The van der Waals surface area contributed by atoms with Crippen molar-refractivity contribution >= 4 is 0 Å². The van der Waals surface area contributed by atoms with Gasteiger partial charge in [-0.2, -0.15) is 4.98 Å². The van der Waals surface area contributed by atoms with Crippen molar-refractivity contribution in [2.45, 2.75) is 31.6 Å². The normalized spacial score (nSPS) is 33.4. The fraction of sp³-hybridized carbons (Fsp3) is 0.833. The summed E-state index contributed by atoms with van der Waals surface area (Å²) in [5, 5.41) is 7.45. The zero-order valence-corrected chi connectivity index (χ0v) is 10.2. The summed E-state index contributed by atoms with van der Waals surface area (Å²) in [6, 6.07) is 0. The van der Waals surface area contributed by atoms with Crippen LogP contribution in [0.2, 0.25) is 0 Å². The second-order valence-electron chi connectivity index (χ2n) is 5.44. The molecule has 5 nitrogen and oxygen atoms in total. The third kappa shape index (κ3) is 2.21. The van der Waals surface area contributed by atoms with Gasteiger partial charge in [0.1, 0.15) is 0 Å².